The Labute approximate surface area is 91.1 Å². The van der Waals surface area contributed by atoms with E-state index in [4.69, 9.17) is 16.3 Å². The van der Waals surface area contributed by atoms with Gasteiger partial charge in [-0.2, -0.15) is 0 Å². The summed E-state index contributed by atoms with van der Waals surface area (Å²) in [4.78, 5) is 4.18. The number of nitrogens with zero attached hydrogens (tertiary/aromatic N) is 1. The number of hydrogen-bond acceptors (Lipinski definition) is 3. The zero-order valence-corrected chi connectivity index (χ0v) is 9.10. The molecule has 1 aromatic heterocycles. The van der Waals surface area contributed by atoms with E-state index in [0.717, 1.165) is 16.3 Å². The lowest BCUT2D eigenvalue weighted by Crippen LogP contribution is -1.82. The molecule has 14 heavy (non-hydrogen) atoms. The van der Waals surface area contributed by atoms with Gasteiger partial charge >= 0.3 is 0 Å². The van der Waals surface area contributed by atoms with Crippen LogP contribution in [0.25, 0.3) is 10.6 Å². The average Bonchev–Trinajstić information content (AvgIpc) is 2.65. The van der Waals surface area contributed by atoms with E-state index in [1.807, 2.05) is 29.6 Å². The summed E-state index contributed by atoms with van der Waals surface area (Å²) in [5.41, 5.74) is 1.06. The molecule has 0 bridgehead atoms. The number of hydrogen-bond donors (Lipinski definition) is 0. The SMILES string of the molecule is COc1ccc(-c2nc(Cl)cs2)cc1. The maximum Gasteiger partial charge on any atom is 0.140 e. The largest absolute Gasteiger partial charge is 0.497 e. The van der Waals surface area contributed by atoms with Crippen molar-refractivity contribution in [1.82, 2.24) is 4.98 Å². The molecule has 0 aliphatic rings. The maximum atomic E-state index is 5.74. The number of rotatable bonds is 2. The summed E-state index contributed by atoms with van der Waals surface area (Å²) in [7, 11) is 1.65. The van der Waals surface area contributed by atoms with Crippen molar-refractivity contribution in [3.05, 3.63) is 34.8 Å². The van der Waals surface area contributed by atoms with Crippen LogP contribution in [0.5, 0.6) is 5.75 Å². The fraction of sp³-hybridized carbons (Fsp3) is 0.100. The van der Waals surface area contributed by atoms with Crippen molar-refractivity contribution in [3.8, 4) is 16.3 Å². The number of halogens is 1. The number of aromatic nitrogens is 1. The highest BCUT2D eigenvalue weighted by Gasteiger charge is 2.02. The van der Waals surface area contributed by atoms with Crippen LogP contribution in [0.2, 0.25) is 5.15 Å². The van der Waals surface area contributed by atoms with Gasteiger partial charge in [0, 0.05) is 10.9 Å². The van der Waals surface area contributed by atoms with Crippen LogP contribution in [-0.4, -0.2) is 12.1 Å². The number of thiazole rings is 1. The second-order valence-electron chi connectivity index (χ2n) is 2.70. The Kier molecular flexibility index (Phi) is 2.70. The highest BCUT2D eigenvalue weighted by atomic mass is 35.5. The van der Waals surface area contributed by atoms with Crippen molar-refractivity contribution in [1.29, 1.82) is 0 Å². The van der Waals surface area contributed by atoms with Gasteiger partial charge < -0.3 is 4.74 Å². The summed E-state index contributed by atoms with van der Waals surface area (Å²) < 4.78 is 5.07. The minimum absolute atomic E-state index is 0.542. The molecule has 0 saturated heterocycles. The molecule has 0 radical (unpaired) electrons. The molecular weight excluding hydrogens is 218 g/mol. The van der Waals surface area contributed by atoms with Crippen LogP contribution < -0.4 is 4.74 Å². The van der Waals surface area contributed by atoms with Gasteiger partial charge in [-0.15, -0.1) is 11.3 Å². The van der Waals surface area contributed by atoms with Gasteiger partial charge in [0.1, 0.15) is 15.9 Å². The van der Waals surface area contributed by atoms with Crippen molar-refractivity contribution < 1.29 is 4.74 Å². The first-order chi connectivity index (χ1) is 6.79. The minimum Gasteiger partial charge on any atom is -0.497 e. The zero-order chi connectivity index (χ0) is 9.97. The molecule has 0 aliphatic carbocycles. The molecule has 0 spiro atoms. The summed E-state index contributed by atoms with van der Waals surface area (Å²) in [5.74, 6) is 0.844. The van der Waals surface area contributed by atoms with Gasteiger partial charge in [-0.3, -0.25) is 0 Å². The van der Waals surface area contributed by atoms with E-state index in [9.17, 15) is 0 Å². The summed E-state index contributed by atoms with van der Waals surface area (Å²) in [5, 5.41) is 3.29. The van der Waals surface area contributed by atoms with Gasteiger partial charge in [0.15, 0.2) is 0 Å². The Morgan fingerprint density at radius 3 is 2.50 bits per heavy atom. The van der Waals surface area contributed by atoms with Crippen molar-refractivity contribution in [2.45, 2.75) is 0 Å². The van der Waals surface area contributed by atoms with Gasteiger partial charge in [-0.25, -0.2) is 4.98 Å². The molecule has 2 aromatic rings. The van der Waals surface area contributed by atoms with Crippen molar-refractivity contribution in [2.24, 2.45) is 0 Å². The summed E-state index contributed by atoms with van der Waals surface area (Å²) >= 11 is 7.28. The van der Waals surface area contributed by atoms with E-state index in [0.29, 0.717) is 5.15 Å². The summed E-state index contributed by atoms with van der Waals surface area (Å²) in [6.45, 7) is 0. The average molecular weight is 226 g/mol. The molecule has 0 atom stereocenters. The Hall–Kier alpha value is -1.06. The van der Waals surface area contributed by atoms with Crippen LogP contribution in [0.3, 0.4) is 0 Å². The van der Waals surface area contributed by atoms with E-state index in [2.05, 4.69) is 4.98 Å². The van der Waals surface area contributed by atoms with Crippen LogP contribution in [0, 0.1) is 0 Å². The number of benzene rings is 1. The van der Waals surface area contributed by atoms with E-state index < -0.39 is 0 Å². The third-order valence-electron chi connectivity index (χ3n) is 1.81. The molecule has 4 heteroatoms. The zero-order valence-electron chi connectivity index (χ0n) is 7.53. The second kappa shape index (κ2) is 3.98. The van der Waals surface area contributed by atoms with Gasteiger partial charge in [0.2, 0.25) is 0 Å². The molecule has 0 N–H and O–H groups in total. The molecule has 0 saturated carbocycles. The third-order valence-corrected chi connectivity index (χ3v) is 3.03. The van der Waals surface area contributed by atoms with Gasteiger partial charge in [-0.1, -0.05) is 11.6 Å². The summed E-state index contributed by atoms with van der Waals surface area (Å²) in [6.07, 6.45) is 0. The van der Waals surface area contributed by atoms with E-state index in [1.165, 1.54) is 11.3 Å². The molecule has 0 amide bonds. The first-order valence-electron chi connectivity index (χ1n) is 4.05. The van der Waals surface area contributed by atoms with E-state index in [1.54, 1.807) is 7.11 Å². The lowest BCUT2D eigenvalue weighted by atomic mass is 10.2. The Morgan fingerprint density at radius 1 is 1.29 bits per heavy atom. The maximum absolute atomic E-state index is 5.74. The molecular formula is C10H8ClNOS. The van der Waals surface area contributed by atoms with Crippen LogP contribution in [0.15, 0.2) is 29.6 Å². The molecule has 0 unspecified atom stereocenters. The highest BCUT2D eigenvalue weighted by Crippen LogP contribution is 2.26. The molecule has 1 heterocycles. The van der Waals surface area contributed by atoms with E-state index >= 15 is 0 Å². The Bertz CT molecular complexity index is 424. The Balaban J connectivity index is 2.33. The van der Waals surface area contributed by atoms with Crippen molar-refractivity contribution in [3.63, 3.8) is 0 Å². The first-order valence-corrected chi connectivity index (χ1v) is 5.31. The monoisotopic (exact) mass is 225 g/mol. The van der Waals surface area contributed by atoms with Gasteiger partial charge in [0.25, 0.3) is 0 Å². The van der Waals surface area contributed by atoms with E-state index in [-0.39, 0.29) is 0 Å². The lowest BCUT2D eigenvalue weighted by Gasteiger charge is -1.99. The molecule has 0 fully saturated rings. The fourth-order valence-corrected chi connectivity index (χ4v) is 2.07. The van der Waals surface area contributed by atoms with Crippen LogP contribution in [0.4, 0.5) is 0 Å². The Morgan fingerprint density at radius 2 is 2.00 bits per heavy atom. The second-order valence-corrected chi connectivity index (χ2v) is 3.95. The predicted molar refractivity (Wildman–Crippen MR) is 59.1 cm³/mol. The molecule has 1 aromatic carbocycles. The normalized spacial score (nSPS) is 10.1. The van der Waals surface area contributed by atoms with Crippen LogP contribution in [-0.2, 0) is 0 Å². The van der Waals surface area contributed by atoms with Crippen LogP contribution in [0.1, 0.15) is 0 Å². The van der Waals surface area contributed by atoms with Crippen molar-refractivity contribution >= 4 is 22.9 Å². The number of methoxy groups -OCH3 is 1. The molecule has 2 nitrogen and oxygen atoms in total. The fourth-order valence-electron chi connectivity index (χ4n) is 1.12. The van der Waals surface area contributed by atoms with Crippen molar-refractivity contribution in [2.75, 3.05) is 7.11 Å². The molecule has 2 rings (SSSR count). The molecule has 72 valence electrons. The quantitative estimate of drug-likeness (QED) is 0.781. The minimum atomic E-state index is 0.542. The smallest absolute Gasteiger partial charge is 0.140 e. The van der Waals surface area contributed by atoms with Crippen LogP contribution >= 0.6 is 22.9 Å². The lowest BCUT2D eigenvalue weighted by molar-refractivity contribution is 0.415. The standard InChI is InChI=1S/C10H8ClNOS/c1-13-8-4-2-7(3-5-8)10-12-9(11)6-14-10/h2-6H,1H3. The molecule has 0 aliphatic heterocycles. The predicted octanol–water partition coefficient (Wildman–Crippen LogP) is 3.47. The van der Waals surface area contributed by atoms with Gasteiger partial charge in [0.05, 0.1) is 7.11 Å². The highest BCUT2D eigenvalue weighted by molar-refractivity contribution is 7.13. The third kappa shape index (κ3) is 1.89. The first kappa shape index (κ1) is 9.49. The summed E-state index contributed by atoms with van der Waals surface area (Å²) in [6, 6.07) is 7.75. The topological polar surface area (TPSA) is 22.1 Å². The van der Waals surface area contributed by atoms with Gasteiger partial charge in [-0.05, 0) is 24.3 Å². The number of ether oxygens (including phenoxy) is 1.